The second-order valence-corrected chi connectivity index (χ2v) is 5.37. The average Bonchev–Trinajstić information content (AvgIpc) is 2.55. The van der Waals surface area contributed by atoms with Gasteiger partial charge in [-0.25, -0.2) is 0 Å². The number of amides is 1. The van der Waals surface area contributed by atoms with Crippen LogP contribution in [0.15, 0.2) is 18.2 Å². The molecule has 1 aromatic carbocycles. The third-order valence-electron chi connectivity index (χ3n) is 3.89. The molecule has 0 spiro atoms. The van der Waals surface area contributed by atoms with Gasteiger partial charge in [0.15, 0.2) is 0 Å². The Morgan fingerprint density at radius 3 is 2.76 bits per heavy atom. The molecule has 0 aromatic heterocycles. The van der Waals surface area contributed by atoms with Gasteiger partial charge in [0.2, 0.25) is 5.91 Å². The van der Waals surface area contributed by atoms with Crippen LogP contribution in [-0.2, 0) is 11.3 Å². The van der Waals surface area contributed by atoms with Gasteiger partial charge in [0, 0.05) is 25.2 Å². The molecule has 1 N–H and O–H groups in total. The minimum absolute atomic E-state index is 0.0482. The van der Waals surface area contributed by atoms with Crippen molar-refractivity contribution < 1.29 is 14.3 Å². The summed E-state index contributed by atoms with van der Waals surface area (Å²) in [7, 11) is 5.09. The summed E-state index contributed by atoms with van der Waals surface area (Å²) < 4.78 is 10.6. The maximum absolute atomic E-state index is 12.4. The van der Waals surface area contributed by atoms with E-state index in [-0.39, 0.29) is 11.9 Å². The number of benzene rings is 1. The van der Waals surface area contributed by atoms with Gasteiger partial charge in [-0.3, -0.25) is 4.79 Å². The van der Waals surface area contributed by atoms with Gasteiger partial charge >= 0.3 is 0 Å². The van der Waals surface area contributed by atoms with E-state index in [0.29, 0.717) is 6.54 Å². The number of piperidine rings is 1. The van der Waals surface area contributed by atoms with E-state index in [9.17, 15) is 4.79 Å². The van der Waals surface area contributed by atoms with Crippen molar-refractivity contribution in [3.63, 3.8) is 0 Å². The zero-order chi connectivity index (χ0) is 15.2. The van der Waals surface area contributed by atoms with Crippen molar-refractivity contribution in [2.24, 2.45) is 0 Å². The van der Waals surface area contributed by atoms with E-state index in [0.717, 1.165) is 42.9 Å². The molecule has 0 bridgehead atoms. The van der Waals surface area contributed by atoms with Crippen LogP contribution in [0.4, 0.5) is 0 Å². The molecular weight excluding hydrogens is 268 g/mol. The van der Waals surface area contributed by atoms with Crippen LogP contribution in [-0.4, -0.2) is 44.7 Å². The molecule has 2 rings (SSSR count). The molecular formula is C16H24N2O3. The molecule has 0 saturated carbocycles. The molecule has 0 radical (unpaired) electrons. The SMILES string of the molecule is COc1ccc(CN(C)C(=O)C2CCCCN2)c(OC)c1. The lowest BCUT2D eigenvalue weighted by atomic mass is 10.0. The van der Waals surface area contributed by atoms with Crippen molar-refractivity contribution in [1.29, 1.82) is 0 Å². The highest BCUT2D eigenvalue weighted by atomic mass is 16.5. The van der Waals surface area contributed by atoms with Crippen molar-refractivity contribution in [2.75, 3.05) is 27.8 Å². The summed E-state index contributed by atoms with van der Waals surface area (Å²) in [6.45, 7) is 1.46. The van der Waals surface area contributed by atoms with E-state index in [2.05, 4.69) is 5.32 Å². The first-order valence-electron chi connectivity index (χ1n) is 7.35. The normalized spacial score (nSPS) is 18.1. The summed E-state index contributed by atoms with van der Waals surface area (Å²) in [5.74, 6) is 1.64. The Bertz CT molecular complexity index is 484. The predicted molar refractivity (Wildman–Crippen MR) is 81.7 cm³/mol. The van der Waals surface area contributed by atoms with E-state index >= 15 is 0 Å². The fraction of sp³-hybridized carbons (Fsp3) is 0.562. The monoisotopic (exact) mass is 292 g/mol. The van der Waals surface area contributed by atoms with E-state index in [1.54, 1.807) is 19.1 Å². The highest BCUT2D eigenvalue weighted by Gasteiger charge is 2.24. The largest absolute Gasteiger partial charge is 0.497 e. The molecule has 1 fully saturated rings. The summed E-state index contributed by atoms with van der Waals surface area (Å²) in [4.78, 5) is 14.2. The molecule has 0 aliphatic carbocycles. The van der Waals surface area contributed by atoms with Crippen molar-refractivity contribution in [3.05, 3.63) is 23.8 Å². The summed E-state index contributed by atoms with van der Waals surface area (Å²) in [5.41, 5.74) is 0.977. The first kappa shape index (κ1) is 15.6. The number of methoxy groups -OCH3 is 2. The van der Waals surface area contributed by atoms with Crippen LogP contribution in [0.2, 0.25) is 0 Å². The highest BCUT2D eigenvalue weighted by molar-refractivity contribution is 5.81. The topological polar surface area (TPSA) is 50.8 Å². The summed E-state index contributed by atoms with van der Waals surface area (Å²) in [5, 5.41) is 3.29. The Kier molecular flexibility index (Phi) is 5.44. The molecule has 5 heteroatoms. The number of hydrogen-bond acceptors (Lipinski definition) is 4. The Morgan fingerprint density at radius 2 is 2.14 bits per heavy atom. The molecule has 1 aromatic rings. The van der Waals surface area contributed by atoms with E-state index < -0.39 is 0 Å². The zero-order valence-electron chi connectivity index (χ0n) is 13.0. The molecule has 116 valence electrons. The molecule has 1 amide bonds. The fourth-order valence-corrected chi connectivity index (χ4v) is 2.64. The molecule has 1 unspecified atom stereocenters. The van der Waals surface area contributed by atoms with Crippen LogP contribution in [0.1, 0.15) is 24.8 Å². The van der Waals surface area contributed by atoms with Crippen molar-refractivity contribution >= 4 is 5.91 Å². The predicted octanol–water partition coefficient (Wildman–Crippen LogP) is 1.80. The summed E-state index contributed by atoms with van der Waals surface area (Å²) >= 11 is 0. The maximum Gasteiger partial charge on any atom is 0.239 e. The number of nitrogens with one attached hydrogen (secondary N) is 1. The van der Waals surface area contributed by atoms with E-state index in [4.69, 9.17) is 9.47 Å². The number of rotatable bonds is 5. The second-order valence-electron chi connectivity index (χ2n) is 5.37. The number of hydrogen-bond donors (Lipinski definition) is 1. The zero-order valence-corrected chi connectivity index (χ0v) is 13.0. The van der Waals surface area contributed by atoms with Crippen LogP contribution in [0.25, 0.3) is 0 Å². The number of likely N-dealkylation sites (N-methyl/N-ethyl adjacent to an activating group) is 1. The number of ether oxygens (including phenoxy) is 2. The number of carbonyl (C=O) groups is 1. The number of nitrogens with zero attached hydrogens (tertiary/aromatic N) is 1. The van der Waals surface area contributed by atoms with Crippen molar-refractivity contribution in [3.8, 4) is 11.5 Å². The Hall–Kier alpha value is -1.75. The Morgan fingerprint density at radius 1 is 1.33 bits per heavy atom. The second kappa shape index (κ2) is 7.31. The minimum atomic E-state index is -0.0482. The third-order valence-corrected chi connectivity index (χ3v) is 3.89. The van der Waals surface area contributed by atoms with Gasteiger partial charge in [0.05, 0.1) is 20.3 Å². The molecule has 1 atom stereocenters. The lowest BCUT2D eigenvalue weighted by molar-refractivity contribution is -0.133. The molecule has 21 heavy (non-hydrogen) atoms. The van der Waals surface area contributed by atoms with Gasteiger partial charge in [0.25, 0.3) is 0 Å². The summed E-state index contributed by atoms with van der Waals surface area (Å²) in [6.07, 6.45) is 3.19. The average molecular weight is 292 g/mol. The first-order valence-corrected chi connectivity index (χ1v) is 7.35. The van der Waals surface area contributed by atoms with E-state index in [1.807, 2.05) is 25.2 Å². The van der Waals surface area contributed by atoms with Crippen LogP contribution in [0.5, 0.6) is 11.5 Å². The minimum Gasteiger partial charge on any atom is -0.497 e. The summed E-state index contributed by atoms with van der Waals surface area (Å²) in [6, 6.07) is 5.62. The molecule has 1 aliphatic rings. The van der Waals surface area contributed by atoms with Crippen molar-refractivity contribution in [1.82, 2.24) is 10.2 Å². The quantitative estimate of drug-likeness (QED) is 0.899. The molecule has 5 nitrogen and oxygen atoms in total. The highest BCUT2D eigenvalue weighted by Crippen LogP contribution is 2.25. The van der Waals surface area contributed by atoms with Gasteiger partial charge in [-0.15, -0.1) is 0 Å². The maximum atomic E-state index is 12.4. The van der Waals surface area contributed by atoms with Crippen LogP contribution in [0, 0.1) is 0 Å². The smallest absolute Gasteiger partial charge is 0.239 e. The van der Waals surface area contributed by atoms with Crippen LogP contribution in [0.3, 0.4) is 0 Å². The van der Waals surface area contributed by atoms with Crippen molar-refractivity contribution in [2.45, 2.75) is 31.8 Å². The van der Waals surface area contributed by atoms with Crippen LogP contribution < -0.4 is 14.8 Å². The van der Waals surface area contributed by atoms with Gasteiger partial charge in [-0.2, -0.15) is 0 Å². The first-order chi connectivity index (χ1) is 10.2. The lowest BCUT2D eigenvalue weighted by Gasteiger charge is -2.28. The molecule has 1 saturated heterocycles. The van der Waals surface area contributed by atoms with Gasteiger partial charge < -0.3 is 19.7 Å². The molecule has 1 heterocycles. The fourth-order valence-electron chi connectivity index (χ4n) is 2.64. The molecule has 1 aliphatic heterocycles. The van der Waals surface area contributed by atoms with E-state index in [1.165, 1.54) is 0 Å². The van der Waals surface area contributed by atoms with Gasteiger partial charge in [-0.1, -0.05) is 6.42 Å². The van der Waals surface area contributed by atoms with Gasteiger partial charge in [-0.05, 0) is 31.5 Å². The van der Waals surface area contributed by atoms with Gasteiger partial charge in [0.1, 0.15) is 11.5 Å². The third kappa shape index (κ3) is 3.88. The lowest BCUT2D eigenvalue weighted by Crippen LogP contribution is -2.47. The Labute approximate surface area is 126 Å². The Balaban J connectivity index is 2.04. The standard InChI is InChI=1S/C16H24N2O3/c1-18(16(19)14-6-4-5-9-17-14)11-12-7-8-13(20-2)10-15(12)21-3/h7-8,10,14,17H,4-6,9,11H2,1-3H3. The van der Waals surface area contributed by atoms with Crippen LogP contribution >= 0.6 is 0 Å². The number of carbonyl (C=O) groups excluding carboxylic acids is 1.